The van der Waals surface area contributed by atoms with Crippen molar-refractivity contribution in [3.05, 3.63) is 97.2 Å². The molecule has 0 aromatic carbocycles. The zero-order valence-electron chi connectivity index (χ0n) is 42.6. The summed E-state index contributed by atoms with van der Waals surface area (Å²) in [6, 6.07) is 0. The SMILES string of the molecule is CC/C=C\C/C=C\C/C=C\C/C=C\C/C=C\C/C=C\C/C=C\CCCCCC(=O)OC(COC(=O)CCCCCCCCCCC/C=C\CCCCCCCCCC)COP(=O)(O)OCCN. The third-order valence-corrected chi connectivity index (χ3v) is 11.9. The minimum atomic E-state index is -4.40. The monoisotopic (exact) mass is 956 g/mol. The summed E-state index contributed by atoms with van der Waals surface area (Å²) in [7, 11) is -4.40. The van der Waals surface area contributed by atoms with Crippen molar-refractivity contribution in [1.82, 2.24) is 0 Å². The molecule has 67 heavy (non-hydrogen) atoms. The average molecular weight is 956 g/mol. The molecule has 0 amide bonds. The Kier molecular flexibility index (Phi) is 49.9. The van der Waals surface area contributed by atoms with Crippen molar-refractivity contribution in [1.29, 1.82) is 0 Å². The molecular weight excluding hydrogens is 858 g/mol. The van der Waals surface area contributed by atoms with Gasteiger partial charge in [-0.05, 0) is 96.3 Å². The van der Waals surface area contributed by atoms with Gasteiger partial charge in [0.05, 0.1) is 13.2 Å². The minimum absolute atomic E-state index is 0.0424. The average Bonchev–Trinajstić information content (AvgIpc) is 3.32. The van der Waals surface area contributed by atoms with Crippen molar-refractivity contribution in [2.24, 2.45) is 5.73 Å². The first-order chi connectivity index (χ1) is 32.8. The molecule has 2 atom stereocenters. The van der Waals surface area contributed by atoms with Gasteiger partial charge in [-0.15, -0.1) is 0 Å². The molecule has 0 heterocycles. The normalized spacial score (nSPS) is 13.9. The zero-order valence-corrected chi connectivity index (χ0v) is 43.5. The highest BCUT2D eigenvalue weighted by molar-refractivity contribution is 7.47. The van der Waals surface area contributed by atoms with Gasteiger partial charge < -0.3 is 20.1 Å². The Morgan fingerprint density at radius 1 is 0.463 bits per heavy atom. The molecule has 0 aliphatic heterocycles. The maximum Gasteiger partial charge on any atom is 0.472 e. The molecule has 2 unspecified atom stereocenters. The van der Waals surface area contributed by atoms with Crippen molar-refractivity contribution < 1.29 is 37.6 Å². The van der Waals surface area contributed by atoms with Crippen LogP contribution in [0.1, 0.15) is 219 Å². The molecular formula is C57H98NO8P. The minimum Gasteiger partial charge on any atom is -0.462 e. The predicted molar refractivity (Wildman–Crippen MR) is 284 cm³/mol. The molecule has 9 nitrogen and oxygen atoms in total. The van der Waals surface area contributed by atoms with Crippen molar-refractivity contribution in [3.63, 3.8) is 0 Å². The van der Waals surface area contributed by atoms with Crippen LogP contribution in [0.15, 0.2) is 97.2 Å². The second-order valence-corrected chi connectivity index (χ2v) is 18.8. The molecule has 10 heteroatoms. The standard InChI is InChI=1S/C57H98NO8P/c1-3-5-7-9-11-13-15-17-19-21-23-25-26-27-28-30-32-34-36-38-40-42-44-46-48-50-57(60)66-55(54-65-67(61,62)64-52-51-58)53-63-56(59)49-47-45-43-41-39-37-35-33-31-29-24-22-20-18-16-14-12-10-8-6-4-2/h5,7,11,13,17,19,22-25,27-28,32,34,38,40,55H,3-4,6,8-10,12,14-16,18,20-21,26,29-31,33,35-37,39,41-54,58H2,1-2H3,(H,61,62)/b7-5-,13-11-,19-17-,24-22-,25-23-,28-27-,34-32-,40-38-. The van der Waals surface area contributed by atoms with E-state index in [1.165, 1.54) is 96.3 Å². The second-order valence-electron chi connectivity index (χ2n) is 17.4. The van der Waals surface area contributed by atoms with E-state index in [1.54, 1.807) is 0 Å². The number of carbonyl (C=O) groups excluding carboxylic acids is 2. The van der Waals surface area contributed by atoms with Gasteiger partial charge in [0.2, 0.25) is 0 Å². The molecule has 3 N–H and O–H groups in total. The zero-order chi connectivity index (χ0) is 48.8. The van der Waals surface area contributed by atoms with Crippen LogP contribution in [-0.4, -0.2) is 49.3 Å². The largest absolute Gasteiger partial charge is 0.472 e. The molecule has 0 fully saturated rings. The Hall–Kier alpha value is -3.07. The van der Waals surface area contributed by atoms with Crippen LogP contribution in [0.3, 0.4) is 0 Å². The first-order valence-electron chi connectivity index (χ1n) is 26.7. The number of hydrogen-bond acceptors (Lipinski definition) is 8. The summed E-state index contributed by atoms with van der Waals surface area (Å²) < 4.78 is 32.9. The molecule has 0 radical (unpaired) electrons. The van der Waals surface area contributed by atoms with E-state index in [-0.39, 0.29) is 32.6 Å². The molecule has 0 saturated carbocycles. The molecule has 0 saturated heterocycles. The summed E-state index contributed by atoms with van der Waals surface area (Å²) in [6.07, 6.45) is 68.8. The predicted octanol–water partition coefficient (Wildman–Crippen LogP) is 16.5. The van der Waals surface area contributed by atoms with E-state index in [9.17, 15) is 19.0 Å². The van der Waals surface area contributed by atoms with Crippen LogP contribution in [0.5, 0.6) is 0 Å². The smallest absolute Gasteiger partial charge is 0.462 e. The highest BCUT2D eigenvalue weighted by Gasteiger charge is 2.26. The van der Waals surface area contributed by atoms with Crippen LogP contribution >= 0.6 is 7.82 Å². The highest BCUT2D eigenvalue weighted by atomic mass is 31.2. The fourth-order valence-electron chi connectivity index (χ4n) is 7.02. The summed E-state index contributed by atoms with van der Waals surface area (Å²) in [5.74, 6) is -0.872. The quantitative estimate of drug-likeness (QED) is 0.0264. The van der Waals surface area contributed by atoms with E-state index in [0.29, 0.717) is 6.42 Å². The number of hydrogen-bond donors (Lipinski definition) is 2. The van der Waals surface area contributed by atoms with Gasteiger partial charge in [-0.1, -0.05) is 207 Å². The number of esters is 2. The van der Waals surface area contributed by atoms with Gasteiger partial charge in [0, 0.05) is 19.4 Å². The number of nitrogens with two attached hydrogens (primary N) is 1. The van der Waals surface area contributed by atoms with Gasteiger partial charge in [-0.2, -0.15) is 0 Å². The number of phosphoric ester groups is 1. The van der Waals surface area contributed by atoms with Gasteiger partial charge >= 0.3 is 19.8 Å². The molecule has 0 aliphatic carbocycles. The summed E-state index contributed by atoms with van der Waals surface area (Å²) in [4.78, 5) is 35.1. The number of rotatable bonds is 49. The maximum absolute atomic E-state index is 12.7. The van der Waals surface area contributed by atoms with E-state index in [0.717, 1.165) is 89.9 Å². The van der Waals surface area contributed by atoms with Crippen LogP contribution in [0.4, 0.5) is 0 Å². The van der Waals surface area contributed by atoms with E-state index in [4.69, 9.17) is 24.3 Å². The Labute approximate surface area is 410 Å². The Balaban J connectivity index is 4.14. The third kappa shape index (κ3) is 52.2. The topological polar surface area (TPSA) is 134 Å². The van der Waals surface area contributed by atoms with Crippen LogP contribution in [0, 0.1) is 0 Å². The van der Waals surface area contributed by atoms with Gasteiger partial charge in [-0.25, -0.2) is 4.57 Å². The number of ether oxygens (including phenoxy) is 2. The van der Waals surface area contributed by atoms with E-state index in [2.05, 4.69) is 111 Å². The first kappa shape index (κ1) is 63.9. The lowest BCUT2D eigenvalue weighted by molar-refractivity contribution is -0.161. The van der Waals surface area contributed by atoms with Crippen molar-refractivity contribution in [2.45, 2.75) is 225 Å². The fourth-order valence-corrected chi connectivity index (χ4v) is 7.79. The lowest BCUT2D eigenvalue weighted by Crippen LogP contribution is -2.29. The molecule has 0 aromatic rings. The summed E-state index contributed by atoms with van der Waals surface area (Å²) in [5, 5.41) is 0. The van der Waals surface area contributed by atoms with Gasteiger partial charge in [0.15, 0.2) is 6.10 Å². The lowest BCUT2D eigenvalue weighted by atomic mass is 10.1. The highest BCUT2D eigenvalue weighted by Crippen LogP contribution is 2.43. The summed E-state index contributed by atoms with van der Waals surface area (Å²) >= 11 is 0. The molecule has 0 bridgehead atoms. The van der Waals surface area contributed by atoms with Gasteiger partial charge in [0.1, 0.15) is 6.61 Å². The first-order valence-corrected chi connectivity index (χ1v) is 28.2. The van der Waals surface area contributed by atoms with Gasteiger partial charge in [0.25, 0.3) is 0 Å². The van der Waals surface area contributed by atoms with Crippen LogP contribution < -0.4 is 5.73 Å². The number of unbranched alkanes of at least 4 members (excludes halogenated alkanes) is 20. The number of allylic oxidation sites excluding steroid dienone is 16. The number of carbonyl (C=O) groups is 2. The Bertz CT molecular complexity index is 1410. The van der Waals surface area contributed by atoms with Crippen LogP contribution in [-0.2, 0) is 32.7 Å². The maximum atomic E-state index is 12.7. The Morgan fingerprint density at radius 2 is 0.821 bits per heavy atom. The third-order valence-electron chi connectivity index (χ3n) is 11.0. The molecule has 0 rings (SSSR count). The van der Waals surface area contributed by atoms with Gasteiger partial charge in [-0.3, -0.25) is 18.6 Å². The van der Waals surface area contributed by atoms with E-state index >= 15 is 0 Å². The Morgan fingerprint density at radius 3 is 1.25 bits per heavy atom. The van der Waals surface area contributed by atoms with Crippen molar-refractivity contribution in [3.8, 4) is 0 Å². The molecule has 384 valence electrons. The summed E-state index contributed by atoms with van der Waals surface area (Å²) in [5.41, 5.74) is 5.37. The second kappa shape index (κ2) is 52.3. The summed E-state index contributed by atoms with van der Waals surface area (Å²) in [6.45, 7) is 3.58. The molecule has 0 aliphatic rings. The van der Waals surface area contributed by atoms with E-state index in [1.807, 2.05) is 0 Å². The fraction of sp³-hybridized carbons (Fsp3) is 0.684. The van der Waals surface area contributed by atoms with Crippen LogP contribution in [0.25, 0.3) is 0 Å². The number of phosphoric acid groups is 1. The van der Waals surface area contributed by atoms with E-state index < -0.39 is 32.5 Å². The molecule has 0 aromatic heterocycles. The molecule has 0 spiro atoms. The van der Waals surface area contributed by atoms with Crippen LogP contribution in [0.2, 0.25) is 0 Å². The van der Waals surface area contributed by atoms with Crippen molar-refractivity contribution >= 4 is 19.8 Å². The van der Waals surface area contributed by atoms with Crippen molar-refractivity contribution in [2.75, 3.05) is 26.4 Å². The lowest BCUT2D eigenvalue weighted by Gasteiger charge is -2.19.